The molecule has 33 heavy (non-hydrogen) atoms. The fraction of sp³-hybridized carbons (Fsp3) is 0.440. The number of amides is 2. The molecular weight excluding hydrogens is 422 g/mol. The van der Waals surface area contributed by atoms with Crippen molar-refractivity contribution in [3.05, 3.63) is 57.6 Å². The highest BCUT2D eigenvalue weighted by Gasteiger charge is 2.30. The minimum Gasteiger partial charge on any atom is -0.426 e. The van der Waals surface area contributed by atoms with Gasteiger partial charge in [-0.25, -0.2) is 4.79 Å². The zero-order valence-corrected chi connectivity index (χ0v) is 20.6. The molecule has 0 heterocycles. The lowest BCUT2D eigenvalue weighted by Gasteiger charge is -2.32. The van der Waals surface area contributed by atoms with Crippen molar-refractivity contribution in [1.82, 2.24) is 0 Å². The summed E-state index contributed by atoms with van der Waals surface area (Å²) in [6.45, 7) is 15.8. The number of carbonyl (C=O) groups is 2. The second-order valence-electron chi connectivity index (χ2n) is 9.94. The Bertz CT molecular complexity index is 1010. The second kappa shape index (κ2) is 9.60. The van der Waals surface area contributed by atoms with Crippen molar-refractivity contribution in [1.29, 1.82) is 0 Å². The number of rotatable bonds is 5. The van der Waals surface area contributed by atoms with Crippen LogP contribution >= 0.6 is 0 Å². The summed E-state index contributed by atoms with van der Waals surface area (Å²) >= 11 is 0. The van der Waals surface area contributed by atoms with Gasteiger partial charge in [-0.1, -0.05) is 41.5 Å². The average Bonchev–Trinajstić information content (AvgIpc) is 2.67. The van der Waals surface area contributed by atoms with Gasteiger partial charge in [0.25, 0.3) is 5.69 Å². The quantitative estimate of drug-likeness (QED) is 0.251. The molecule has 178 valence electrons. The Morgan fingerprint density at radius 3 is 1.85 bits per heavy atom. The van der Waals surface area contributed by atoms with Gasteiger partial charge in [0.05, 0.1) is 4.92 Å². The molecule has 0 aliphatic heterocycles. The van der Waals surface area contributed by atoms with Crippen molar-refractivity contribution >= 4 is 29.1 Å². The Kier molecular flexibility index (Phi) is 7.52. The zero-order valence-electron chi connectivity index (χ0n) is 20.6. The minimum absolute atomic E-state index is 0.0500. The van der Waals surface area contributed by atoms with Gasteiger partial charge in [0, 0.05) is 48.1 Å². The summed E-state index contributed by atoms with van der Waals surface area (Å²) in [7, 11) is 0. The Morgan fingerprint density at radius 1 is 1.00 bits per heavy atom. The van der Waals surface area contributed by atoms with E-state index < -0.39 is 10.9 Å². The second-order valence-corrected chi connectivity index (χ2v) is 9.94. The Labute approximate surface area is 195 Å². The third-order valence-corrected chi connectivity index (χ3v) is 5.14. The normalized spacial score (nSPS) is 11.6. The van der Waals surface area contributed by atoms with Gasteiger partial charge in [0.2, 0.25) is 0 Å². The summed E-state index contributed by atoms with van der Waals surface area (Å²) in [5.74, 6) is 0.125. The monoisotopic (exact) mass is 455 g/mol. The lowest BCUT2D eigenvalue weighted by atomic mass is 9.79. The Balaban J connectivity index is 2.56. The summed E-state index contributed by atoms with van der Waals surface area (Å²) in [5, 5.41) is 13.7. The first-order chi connectivity index (χ1) is 15.1. The van der Waals surface area contributed by atoms with Crippen molar-refractivity contribution in [3.63, 3.8) is 0 Å². The lowest BCUT2D eigenvalue weighted by molar-refractivity contribution is -0.384. The molecule has 0 aromatic heterocycles. The summed E-state index contributed by atoms with van der Waals surface area (Å²) in [5.41, 5.74) is 2.01. The van der Waals surface area contributed by atoms with E-state index in [1.54, 1.807) is 4.90 Å². The van der Waals surface area contributed by atoms with Gasteiger partial charge >= 0.3 is 12.0 Å². The molecule has 2 aromatic carbocycles. The molecule has 2 rings (SSSR count). The standard InChI is InChI=1S/C25H33N3O5/c1-9-27(23(30)26-17-10-12-18(13-11-17)28(31)32)19-14-20(24(3,4)5)22(33-16(2)29)21(15-19)25(6,7)8/h10-15H,9H2,1-8H3,(H,26,30). The van der Waals surface area contributed by atoms with E-state index in [0.29, 0.717) is 23.7 Å². The number of benzene rings is 2. The highest BCUT2D eigenvalue weighted by atomic mass is 16.6. The maximum Gasteiger partial charge on any atom is 0.326 e. The number of nitro benzene ring substituents is 1. The number of hydrogen-bond acceptors (Lipinski definition) is 5. The number of anilines is 2. The van der Waals surface area contributed by atoms with Crippen molar-refractivity contribution in [2.45, 2.75) is 66.2 Å². The van der Waals surface area contributed by atoms with Crippen LogP contribution in [0, 0.1) is 10.1 Å². The van der Waals surface area contributed by atoms with Crippen molar-refractivity contribution in [3.8, 4) is 5.75 Å². The maximum absolute atomic E-state index is 13.1. The molecular formula is C25H33N3O5. The molecule has 0 saturated carbocycles. The lowest BCUT2D eigenvalue weighted by Crippen LogP contribution is -2.35. The number of nitro groups is 1. The van der Waals surface area contributed by atoms with E-state index in [-0.39, 0.29) is 22.5 Å². The number of urea groups is 1. The fourth-order valence-electron chi connectivity index (χ4n) is 3.44. The molecule has 0 atom stereocenters. The minimum atomic E-state index is -0.489. The summed E-state index contributed by atoms with van der Waals surface area (Å²) in [6.07, 6.45) is 0. The van der Waals surface area contributed by atoms with Crippen LogP contribution in [0.1, 0.15) is 66.5 Å². The first-order valence-electron chi connectivity index (χ1n) is 10.9. The molecule has 0 fully saturated rings. The van der Waals surface area contributed by atoms with Gasteiger partial charge in [0.15, 0.2) is 0 Å². The van der Waals surface area contributed by atoms with E-state index in [0.717, 1.165) is 11.1 Å². The van der Waals surface area contributed by atoms with Crippen LogP contribution < -0.4 is 15.0 Å². The Hall–Kier alpha value is -3.42. The molecule has 2 amide bonds. The van der Waals surface area contributed by atoms with E-state index in [2.05, 4.69) is 5.32 Å². The average molecular weight is 456 g/mol. The molecule has 2 aromatic rings. The van der Waals surface area contributed by atoms with Crippen LogP contribution in [0.2, 0.25) is 0 Å². The van der Waals surface area contributed by atoms with Crippen molar-refractivity contribution in [2.75, 3.05) is 16.8 Å². The molecule has 8 heteroatoms. The third-order valence-electron chi connectivity index (χ3n) is 5.14. The first kappa shape index (κ1) is 25.8. The maximum atomic E-state index is 13.1. The number of esters is 1. The molecule has 8 nitrogen and oxygen atoms in total. The molecule has 0 unspecified atom stereocenters. The van der Waals surface area contributed by atoms with Gasteiger partial charge < -0.3 is 10.1 Å². The number of non-ortho nitro benzene ring substituents is 1. The molecule has 0 radical (unpaired) electrons. The summed E-state index contributed by atoms with van der Waals surface area (Å²) in [4.78, 5) is 37.0. The molecule has 0 saturated heterocycles. The predicted molar refractivity (Wildman–Crippen MR) is 130 cm³/mol. The zero-order chi connectivity index (χ0) is 25.1. The van der Waals surface area contributed by atoms with Gasteiger partial charge in [-0.3, -0.25) is 19.8 Å². The van der Waals surface area contributed by atoms with E-state index in [1.165, 1.54) is 31.2 Å². The highest BCUT2D eigenvalue weighted by molar-refractivity contribution is 6.02. The van der Waals surface area contributed by atoms with E-state index in [9.17, 15) is 19.7 Å². The van der Waals surface area contributed by atoms with Gasteiger partial charge in [0.1, 0.15) is 5.75 Å². The Morgan fingerprint density at radius 2 is 1.48 bits per heavy atom. The number of hydrogen-bond donors (Lipinski definition) is 1. The van der Waals surface area contributed by atoms with E-state index >= 15 is 0 Å². The summed E-state index contributed by atoms with van der Waals surface area (Å²) < 4.78 is 5.67. The topological polar surface area (TPSA) is 102 Å². The van der Waals surface area contributed by atoms with Crippen LogP contribution in [0.3, 0.4) is 0 Å². The predicted octanol–water partition coefficient (Wildman–Crippen LogP) is 6.17. The van der Waals surface area contributed by atoms with Crippen LogP contribution in [0.4, 0.5) is 21.9 Å². The number of nitrogens with one attached hydrogen (secondary N) is 1. The number of carbonyl (C=O) groups excluding carboxylic acids is 2. The molecule has 0 spiro atoms. The first-order valence-corrected chi connectivity index (χ1v) is 10.9. The highest BCUT2D eigenvalue weighted by Crippen LogP contribution is 2.43. The molecule has 0 bridgehead atoms. The number of ether oxygens (including phenoxy) is 1. The number of nitrogens with zero attached hydrogens (tertiary/aromatic N) is 2. The van der Waals surface area contributed by atoms with Crippen molar-refractivity contribution < 1.29 is 19.2 Å². The summed E-state index contributed by atoms with van der Waals surface area (Å²) in [6, 6.07) is 9.07. The van der Waals surface area contributed by atoms with Crippen LogP contribution in [-0.4, -0.2) is 23.5 Å². The van der Waals surface area contributed by atoms with Crippen LogP contribution in [0.25, 0.3) is 0 Å². The van der Waals surface area contributed by atoms with Gasteiger partial charge in [-0.15, -0.1) is 0 Å². The SMILES string of the molecule is CCN(C(=O)Nc1ccc([N+](=O)[O-])cc1)c1cc(C(C)(C)C)c(OC(C)=O)c(C(C)(C)C)c1. The largest absolute Gasteiger partial charge is 0.426 e. The molecule has 0 aliphatic rings. The fourth-order valence-corrected chi connectivity index (χ4v) is 3.44. The van der Waals surface area contributed by atoms with Crippen molar-refractivity contribution in [2.24, 2.45) is 0 Å². The van der Waals surface area contributed by atoms with E-state index in [1.807, 2.05) is 60.6 Å². The van der Waals surface area contributed by atoms with E-state index in [4.69, 9.17) is 4.74 Å². The smallest absolute Gasteiger partial charge is 0.326 e. The molecule has 1 N–H and O–H groups in total. The van der Waals surface area contributed by atoms with Gasteiger partial charge in [-0.2, -0.15) is 0 Å². The van der Waals surface area contributed by atoms with Crippen LogP contribution in [0.15, 0.2) is 36.4 Å². The van der Waals surface area contributed by atoms with Gasteiger partial charge in [-0.05, 0) is 42.0 Å². The third kappa shape index (κ3) is 6.31. The van der Waals surface area contributed by atoms with Crippen LogP contribution in [-0.2, 0) is 15.6 Å². The van der Waals surface area contributed by atoms with Crippen LogP contribution in [0.5, 0.6) is 5.75 Å². The molecule has 0 aliphatic carbocycles.